The minimum atomic E-state index is -0.615. The van der Waals surface area contributed by atoms with Gasteiger partial charge in [0.05, 0.1) is 0 Å². The third-order valence-electron chi connectivity index (χ3n) is 3.62. The monoisotopic (exact) mass is 239 g/mol. The van der Waals surface area contributed by atoms with Gasteiger partial charge in [-0.15, -0.1) is 0 Å². The molecule has 3 rings (SSSR count). The Bertz CT molecular complexity index is 412. The standard InChI is InChI=1S/C13H15F2NO/c14-8-1-4-13(12(15)5-8)17-11-6-9-2-3-10(7-11)16-9/h1,4-5,9-11,16H,2-3,6-7H2. The second-order valence-electron chi connectivity index (χ2n) is 4.92. The largest absolute Gasteiger partial charge is 0.487 e. The van der Waals surface area contributed by atoms with Gasteiger partial charge < -0.3 is 10.1 Å². The van der Waals surface area contributed by atoms with Crippen molar-refractivity contribution in [3.8, 4) is 5.75 Å². The van der Waals surface area contributed by atoms with Crippen LogP contribution < -0.4 is 10.1 Å². The third kappa shape index (κ3) is 2.27. The van der Waals surface area contributed by atoms with Crippen molar-refractivity contribution < 1.29 is 13.5 Å². The van der Waals surface area contributed by atoms with E-state index in [-0.39, 0.29) is 11.9 Å². The highest BCUT2D eigenvalue weighted by Gasteiger charge is 2.34. The maximum Gasteiger partial charge on any atom is 0.167 e. The number of nitrogens with one attached hydrogen (secondary N) is 1. The number of hydrogen-bond acceptors (Lipinski definition) is 2. The molecule has 2 atom stereocenters. The normalized spacial score (nSPS) is 31.5. The molecule has 2 fully saturated rings. The summed E-state index contributed by atoms with van der Waals surface area (Å²) in [6, 6.07) is 4.47. The lowest BCUT2D eigenvalue weighted by Gasteiger charge is -2.29. The van der Waals surface area contributed by atoms with E-state index in [0.29, 0.717) is 12.1 Å². The molecule has 4 heteroatoms. The van der Waals surface area contributed by atoms with Crippen LogP contribution in [0.15, 0.2) is 18.2 Å². The maximum absolute atomic E-state index is 13.4. The maximum atomic E-state index is 13.4. The van der Waals surface area contributed by atoms with Crippen LogP contribution in [0.2, 0.25) is 0 Å². The van der Waals surface area contributed by atoms with Gasteiger partial charge in [0.1, 0.15) is 11.9 Å². The molecule has 0 saturated carbocycles. The molecule has 0 amide bonds. The van der Waals surface area contributed by atoms with Crippen LogP contribution in [0.1, 0.15) is 25.7 Å². The van der Waals surface area contributed by atoms with Crippen LogP contribution in [-0.2, 0) is 0 Å². The molecule has 0 radical (unpaired) electrons. The van der Waals surface area contributed by atoms with Gasteiger partial charge in [0.2, 0.25) is 0 Å². The summed E-state index contributed by atoms with van der Waals surface area (Å²) in [7, 11) is 0. The van der Waals surface area contributed by atoms with E-state index in [1.54, 1.807) is 0 Å². The van der Waals surface area contributed by atoms with Crippen molar-refractivity contribution in [2.45, 2.75) is 43.9 Å². The van der Waals surface area contributed by atoms with Crippen LogP contribution in [0.3, 0.4) is 0 Å². The van der Waals surface area contributed by atoms with Gasteiger partial charge in [-0.2, -0.15) is 0 Å². The zero-order valence-electron chi connectivity index (χ0n) is 9.46. The topological polar surface area (TPSA) is 21.3 Å². The Kier molecular flexibility index (Phi) is 2.74. The van der Waals surface area contributed by atoms with Gasteiger partial charge in [-0.1, -0.05) is 0 Å². The van der Waals surface area contributed by atoms with Gasteiger partial charge in [-0.05, 0) is 37.8 Å². The summed E-state index contributed by atoms with van der Waals surface area (Å²) < 4.78 is 31.8. The molecule has 2 bridgehead atoms. The minimum absolute atomic E-state index is 0.0497. The number of piperidine rings is 1. The number of ether oxygens (including phenoxy) is 1. The summed E-state index contributed by atoms with van der Waals surface area (Å²) in [5.41, 5.74) is 0. The van der Waals surface area contributed by atoms with Gasteiger partial charge in [-0.3, -0.25) is 0 Å². The van der Waals surface area contributed by atoms with E-state index in [1.807, 2.05) is 0 Å². The summed E-state index contributed by atoms with van der Waals surface area (Å²) in [6.45, 7) is 0. The Morgan fingerprint density at radius 3 is 2.47 bits per heavy atom. The zero-order chi connectivity index (χ0) is 11.8. The van der Waals surface area contributed by atoms with Crippen LogP contribution in [0, 0.1) is 11.6 Å². The van der Waals surface area contributed by atoms with Crippen molar-refractivity contribution >= 4 is 0 Å². The van der Waals surface area contributed by atoms with Crippen molar-refractivity contribution in [2.24, 2.45) is 0 Å². The van der Waals surface area contributed by atoms with Crippen molar-refractivity contribution in [3.63, 3.8) is 0 Å². The number of halogens is 2. The lowest BCUT2D eigenvalue weighted by molar-refractivity contribution is 0.132. The first kappa shape index (κ1) is 11.0. The van der Waals surface area contributed by atoms with Crippen LogP contribution in [0.25, 0.3) is 0 Å². The fourth-order valence-corrected chi connectivity index (χ4v) is 2.85. The molecule has 1 aromatic rings. The highest BCUT2D eigenvalue weighted by Crippen LogP contribution is 2.30. The molecule has 1 aromatic carbocycles. The molecule has 1 N–H and O–H groups in total. The average Bonchev–Trinajstić information content (AvgIpc) is 2.62. The molecule has 92 valence electrons. The number of rotatable bonds is 2. The van der Waals surface area contributed by atoms with E-state index in [2.05, 4.69) is 5.32 Å². The molecule has 2 heterocycles. The van der Waals surface area contributed by atoms with Gasteiger partial charge in [-0.25, -0.2) is 8.78 Å². The van der Waals surface area contributed by atoms with Crippen molar-refractivity contribution in [2.75, 3.05) is 0 Å². The van der Waals surface area contributed by atoms with Crippen molar-refractivity contribution in [1.29, 1.82) is 0 Å². The number of hydrogen-bond donors (Lipinski definition) is 1. The lowest BCUT2D eigenvalue weighted by Crippen LogP contribution is -2.42. The van der Waals surface area contributed by atoms with E-state index >= 15 is 0 Å². The molecule has 2 saturated heterocycles. The van der Waals surface area contributed by atoms with E-state index < -0.39 is 11.6 Å². The van der Waals surface area contributed by atoms with Gasteiger partial charge in [0.15, 0.2) is 11.6 Å². The SMILES string of the molecule is Fc1ccc(OC2CC3CCC(C2)N3)c(F)c1. The molecule has 0 aromatic heterocycles. The number of benzene rings is 1. The zero-order valence-corrected chi connectivity index (χ0v) is 9.46. The molecule has 2 aliphatic heterocycles. The first-order chi connectivity index (χ1) is 8.20. The Morgan fingerprint density at radius 1 is 1.12 bits per heavy atom. The molecule has 0 spiro atoms. The molecule has 2 aliphatic rings. The van der Waals surface area contributed by atoms with E-state index in [0.717, 1.165) is 18.9 Å². The van der Waals surface area contributed by atoms with Crippen LogP contribution in [0.5, 0.6) is 5.75 Å². The average molecular weight is 239 g/mol. The third-order valence-corrected chi connectivity index (χ3v) is 3.62. The highest BCUT2D eigenvalue weighted by molar-refractivity contribution is 5.25. The van der Waals surface area contributed by atoms with Gasteiger partial charge in [0.25, 0.3) is 0 Å². The second kappa shape index (κ2) is 4.26. The van der Waals surface area contributed by atoms with Gasteiger partial charge >= 0.3 is 0 Å². The molecule has 2 unspecified atom stereocenters. The predicted molar refractivity (Wildman–Crippen MR) is 60.0 cm³/mol. The number of fused-ring (bicyclic) bond motifs is 2. The Balaban J connectivity index is 1.70. The summed E-state index contributed by atoms with van der Waals surface area (Å²) >= 11 is 0. The van der Waals surface area contributed by atoms with E-state index in [1.165, 1.54) is 25.0 Å². The first-order valence-corrected chi connectivity index (χ1v) is 6.08. The Labute approximate surface area is 99.0 Å². The lowest BCUT2D eigenvalue weighted by atomic mass is 10.0. The minimum Gasteiger partial charge on any atom is -0.487 e. The smallest absolute Gasteiger partial charge is 0.167 e. The Morgan fingerprint density at radius 2 is 1.82 bits per heavy atom. The summed E-state index contributed by atoms with van der Waals surface area (Å²) in [4.78, 5) is 0. The quantitative estimate of drug-likeness (QED) is 0.856. The summed E-state index contributed by atoms with van der Waals surface area (Å²) in [5, 5.41) is 3.50. The van der Waals surface area contributed by atoms with Gasteiger partial charge in [0, 0.05) is 18.2 Å². The fraction of sp³-hybridized carbons (Fsp3) is 0.538. The van der Waals surface area contributed by atoms with Crippen LogP contribution in [0.4, 0.5) is 8.78 Å². The first-order valence-electron chi connectivity index (χ1n) is 6.08. The molecule has 2 nitrogen and oxygen atoms in total. The second-order valence-corrected chi connectivity index (χ2v) is 4.92. The Hall–Kier alpha value is -1.16. The van der Waals surface area contributed by atoms with Crippen molar-refractivity contribution in [3.05, 3.63) is 29.8 Å². The van der Waals surface area contributed by atoms with E-state index in [9.17, 15) is 8.78 Å². The predicted octanol–water partition coefficient (Wildman–Crippen LogP) is 2.63. The summed E-state index contributed by atoms with van der Waals surface area (Å²) in [6.07, 6.45) is 4.22. The molecule has 0 aliphatic carbocycles. The molecule has 17 heavy (non-hydrogen) atoms. The molecular weight excluding hydrogens is 224 g/mol. The van der Waals surface area contributed by atoms with Crippen molar-refractivity contribution in [1.82, 2.24) is 5.32 Å². The van der Waals surface area contributed by atoms with Crippen LogP contribution >= 0.6 is 0 Å². The van der Waals surface area contributed by atoms with E-state index in [4.69, 9.17) is 4.74 Å². The fourth-order valence-electron chi connectivity index (χ4n) is 2.85. The van der Waals surface area contributed by atoms with Crippen LogP contribution in [-0.4, -0.2) is 18.2 Å². The highest BCUT2D eigenvalue weighted by atomic mass is 19.1. The summed E-state index contributed by atoms with van der Waals surface area (Å²) in [5.74, 6) is -1.02. The molecular formula is C13H15F2NO.